The Labute approximate surface area is 130 Å². The maximum atomic E-state index is 10.0. The van der Waals surface area contributed by atoms with Gasteiger partial charge in [-0.2, -0.15) is 5.10 Å². The van der Waals surface area contributed by atoms with E-state index in [2.05, 4.69) is 15.4 Å². The van der Waals surface area contributed by atoms with Gasteiger partial charge in [0.25, 0.3) is 0 Å². The van der Waals surface area contributed by atoms with E-state index >= 15 is 0 Å². The zero-order valence-corrected chi connectivity index (χ0v) is 12.8. The molecule has 1 aromatic heterocycles. The number of aliphatic hydroxyl groups excluding tert-OH is 1. The van der Waals surface area contributed by atoms with E-state index in [-0.39, 0.29) is 6.61 Å². The highest BCUT2D eigenvalue weighted by atomic mass is 16.5. The van der Waals surface area contributed by atoms with Crippen molar-refractivity contribution in [1.29, 1.82) is 0 Å². The van der Waals surface area contributed by atoms with Gasteiger partial charge < -0.3 is 15.2 Å². The van der Waals surface area contributed by atoms with Crippen LogP contribution in [0.3, 0.4) is 0 Å². The first-order chi connectivity index (χ1) is 10.7. The number of rotatable bonds is 6. The van der Waals surface area contributed by atoms with Gasteiger partial charge in [-0.3, -0.25) is 0 Å². The molecule has 2 aromatic rings. The second-order valence-corrected chi connectivity index (χ2v) is 5.78. The van der Waals surface area contributed by atoms with Gasteiger partial charge in [0.15, 0.2) is 0 Å². The second-order valence-electron chi connectivity index (χ2n) is 5.78. The third-order valence-electron chi connectivity index (χ3n) is 3.88. The standard InChI is InChI=1S/C16H22N4O2/c1-12-3-2-4-15(7-12)22-10-14(21)8-17-13-5-6-16-18-11-19-20(16)9-13/h2-4,7,11,13-14,17,21H,5-6,8-10H2,1H3. The van der Waals surface area contributed by atoms with E-state index in [0.29, 0.717) is 12.6 Å². The van der Waals surface area contributed by atoms with Gasteiger partial charge >= 0.3 is 0 Å². The van der Waals surface area contributed by atoms with Crippen molar-refractivity contribution in [3.8, 4) is 5.75 Å². The second kappa shape index (κ2) is 6.89. The number of benzene rings is 1. The lowest BCUT2D eigenvalue weighted by Crippen LogP contribution is -2.42. The van der Waals surface area contributed by atoms with Crippen LogP contribution in [-0.4, -0.2) is 45.2 Å². The molecule has 22 heavy (non-hydrogen) atoms. The summed E-state index contributed by atoms with van der Waals surface area (Å²) in [5.41, 5.74) is 1.15. The molecular weight excluding hydrogens is 280 g/mol. The van der Waals surface area contributed by atoms with Crippen molar-refractivity contribution in [1.82, 2.24) is 20.1 Å². The first-order valence-corrected chi connectivity index (χ1v) is 7.68. The molecule has 6 heteroatoms. The minimum Gasteiger partial charge on any atom is -0.491 e. The van der Waals surface area contributed by atoms with Crippen molar-refractivity contribution in [2.24, 2.45) is 0 Å². The number of nitrogens with zero attached hydrogens (tertiary/aromatic N) is 3. The van der Waals surface area contributed by atoms with Gasteiger partial charge in [-0.05, 0) is 31.0 Å². The Bertz CT molecular complexity index is 614. The molecule has 0 aliphatic carbocycles. The van der Waals surface area contributed by atoms with Crippen LogP contribution < -0.4 is 10.1 Å². The minimum atomic E-state index is -0.530. The van der Waals surface area contributed by atoms with Gasteiger partial charge in [-0.1, -0.05) is 12.1 Å². The van der Waals surface area contributed by atoms with Crippen molar-refractivity contribution in [3.63, 3.8) is 0 Å². The van der Waals surface area contributed by atoms with Gasteiger partial charge in [0.2, 0.25) is 0 Å². The molecule has 1 aliphatic heterocycles. The number of aromatic nitrogens is 3. The summed E-state index contributed by atoms with van der Waals surface area (Å²) in [4.78, 5) is 4.21. The van der Waals surface area contributed by atoms with Gasteiger partial charge in [0, 0.05) is 19.0 Å². The van der Waals surface area contributed by atoms with E-state index in [1.54, 1.807) is 6.33 Å². The van der Waals surface area contributed by atoms with Gasteiger partial charge in [-0.15, -0.1) is 0 Å². The summed E-state index contributed by atoms with van der Waals surface area (Å²) in [6, 6.07) is 8.16. The van der Waals surface area contributed by atoms with Crippen LogP contribution in [0.25, 0.3) is 0 Å². The molecule has 1 aromatic carbocycles. The van der Waals surface area contributed by atoms with E-state index in [0.717, 1.165) is 36.5 Å². The largest absolute Gasteiger partial charge is 0.491 e. The number of aliphatic hydroxyl groups is 1. The quantitative estimate of drug-likeness (QED) is 0.830. The van der Waals surface area contributed by atoms with E-state index in [1.807, 2.05) is 35.9 Å². The normalized spacial score (nSPS) is 18.7. The van der Waals surface area contributed by atoms with Crippen LogP contribution >= 0.6 is 0 Å². The molecular formula is C16H22N4O2. The van der Waals surface area contributed by atoms with Crippen molar-refractivity contribution in [3.05, 3.63) is 42.0 Å². The number of aryl methyl sites for hydroxylation is 2. The Hall–Kier alpha value is -1.92. The monoisotopic (exact) mass is 302 g/mol. The molecule has 0 spiro atoms. The Balaban J connectivity index is 1.40. The summed E-state index contributed by atoms with van der Waals surface area (Å²) in [5.74, 6) is 1.84. The van der Waals surface area contributed by atoms with Gasteiger partial charge in [0.1, 0.15) is 30.6 Å². The van der Waals surface area contributed by atoms with E-state index in [9.17, 15) is 5.11 Å². The molecule has 0 amide bonds. The van der Waals surface area contributed by atoms with Crippen LogP contribution in [0.15, 0.2) is 30.6 Å². The summed E-state index contributed by atoms with van der Waals surface area (Å²) in [6.45, 7) is 3.63. The minimum absolute atomic E-state index is 0.289. The maximum absolute atomic E-state index is 10.0. The number of hydrogen-bond acceptors (Lipinski definition) is 5. The number of ether oxygens (including phenoxy) is 1. The fraction of sp³-hybridized carbons (Fsp3) is 0.500. The average Bonchev–Trinajstić information content (AvgIpc) is 2.98. The first kappa shape index (κ1) is 15.0. The third-order valence-corrected chi connectivity index (χ3v) is 3.88. The molecule has 0 saturated carbocycles. The lowest BCUT2D eigenvalue weighted by molar-refractivity contribution is 0.101. The zero-order valence-electron chi connectivity index (χ0n) is 12.8. The summed E-state index contributed by atoms with van der Waals surface area (Å²) in [7, 11) is 0. The lowest BCUT2D eigenvalue weighted by atomic mass is 10.1. The number of nitrogens with one attached hydrogen (secondary N) is 1. The van der Waals surface area contributed by atoms with Crippen molar-refractivity contribution in [2.45, 2.75) is 38.5 Å². The highest BCUT2D eigenvalue weighted by Gasteiger charge is 2.20. The molecule has 6 nitrogen and oxygen atoms in total. The SMILES string of the molecule is Cc1cccc(OCC(O)CNC2CCc3ncnn3C2)c1. The molecule has 0 bridgehead atoms. The fourth-order valence-corrected chi connectivity index (χ4v) is 2.66. The number of fused-ring (bicyclic) bond motifs is 1. The molecule has 0 fully saturated rings. The Morgan fingerprint density at radius 1 is 1.50 bits per heavy atom. The smallest absolute Gasteiger partial charge is 0.138 e. The van der Waals surface area contributed by atoms with E-state index in [4.69, 9.17) is 4.74 Å². The molecule has 0 saturated heterocycles. The predicted octanol–water partition coefficient (Wildman–Crippen LogP) is 0.931. The van der Waals surface area contributed by atoms with Gasteiger partial charge in [-0.25, -0.2) is 9.67 Å². The molecule has 2 heterocycles. The predicted molar refractivity (Wildman–Crippen MR) is 82.8 cm³/mol. The van der Waals surface area contributed by atoms with E-state index < -0.39 is 6.10 Å². The summed E-state index contributed by atoms with van der Waals surface area (Å²) in [5, 5.41) is 17.6. The van der Waals surface area contributed by atoms with Crippen LogP contribution in [0.4, 0.5) is 0 Å². The maximum Gasteiger partial charge on any atom is 0.138 e. The van der Waals surface area contributed by atoms with Crippen LogP contribution in [0, 0.1) is 6.92 Å². The van der Waals surface area contributed by atoms with Crippen LogP contribution in [-0.2, 0) is 13.0 Å². The van der Waals surface area contributed by atoms with Crippen molar-refractivity contribution in [2.75, 3.05) is 13.2 Å². The Kier molecular flexibility index (Phi) is 4.70. The fourth-order valence-electron chi connectivity index (χ4n) is 2.66. The third kappa shape index (κ3) is 3.84. The van der Waals surface area contributed by atoms with Gasteiger partial charge in [0.05, 0.1) is 6.54 Å². The topological polar surface area (TPSA) is 72.2 Å². The molecule has 1 aliphatic rings. The Morgan fingerprint density at radius 2 is 2.41 bits per heavy atom. The van der Waals surface area contributed by atoms with Crippen LogP contribution in [0.5, 0.6) is 5.75 Å². The average molecular weight is 302 g/mol. The molecule has 2 atom stereocenters. The van der Waals surface area contributed by atoms with E-state index in [1.165, 1.54) is 0 Å². The molecule has 2 unspecified atom stereocenters. The molecule has 2 N–H and O–H groups in total. The lowest BCUT2D eigenvalue weighted by Gasteiger charge is -2.24. The zero-order chi connectivity index (χ0) is 15.4. The molecule has 118 valence electrons. The summed E-state index contributed by atoms with van der Waals surface area (Å²) in [6.07, 6.45) is 3.01. The highest BCUT2D eigenvalue weighted by Crippen LogP contribution is 2.13. The molecule has 0 radical (unpaired) electrons. The number of hydrogen-bond donors (Lipinski definition) is 2. The summed E-state index contributed by atoms with van der Waals surface area (Å²) >= 11 is 0. The Morgan fingerprint density at radius 3 is 3.27 bits per heavy atom. The highest BCUT2D eigenvalue weighted by molar-refractivity contribution is 5.27. The first-order valence-electron chi connectivity index (χ1n) is 7.68. The molecule has 3 rings (SSSR count). The van der Waals surface area contributed by atoms with Crippen LogP contribution in [0.1, 0.15) is 17.8 Å². The van der Waals surface area contributed by atoms with Crippen LogP contribution in [0.2, 0.25) is 0 Å². The summed E-state index contributed by atoms with van der Waals surface area (Å²) < 4.78 is 7.54. The van der Waals surface area contributed by atoms with Crippen molar-refractivity contribution >= 4 is 0 Å². The van der Waals surface area contributed by atoms with Crippen molar-refractivity contribution < 1.29 is 9.84 Å².